The van der Waals surface area contributed by atoms with E-state index in [-0.39, 0.29) is 59.1 Å². The van der Waals surface area contributed by atoms with Crippen LogP contribution in [0.4, 0.5) is 0 Å². The van der Waals surface area contributed by atoms with Gasteiger partial charge in [0, 0.05) is 59.1 Å². The topological polar surface area (TPSA) is 40.5 Å². The van der Waals surface area contributed by atoms with Crippen LogP contribution in [0.25, 0.3) is 0 Å². The van der Waals surface area contributed by atoms with Gasteiger partial charge in [-0.2, -0.15) is 0 Å². The van der Waals surface area contributed by atoms with Crippen LogP contribution in [0.1, 0.15) is 26.2 Å². The molecule has 0 aromatic heterocycles. The molecular weight excluding hydrogens is 138 g/mol. The summed E-state index contributed by atoms with van der Waals surface area (Å²) in [4.78, 5) is 0. The van der Waals surface area contributed by atoms with Gasteiger partial charge in [-0.1, -0.05) is 13.3 Å². The monoisotopic (exact) mass is 150 g/mol. The summed E-state index contributed by atoms with van der Waals surface area (Å²) in [6.45, 7) is 2.02. The van der Waals surface area contributed by atoms with Gasteiger partial charge in [-0.15, -0.1) is 0 Å². The Hall–Kier alpha value is 1.92. The minimum Gasteiger partial charge on any atom is -0.368 e. The Labute approximate surface area is 101 Å². The van der Waals surface area contributed by atoms with Crippen LogP contribution in [-0.2, 0) is 0 Å². The normalized spacial score (nSPS) is 8.00. The fourth-order valence-corrected chi connectivity index (χ4v) is 0.387. The molecule has 0 aliphatic heterocycles. The molecule has 0 unspecified atom stereocenters. The average Bonchev–Trinajstić information content (AvgIpc) is 1.61. The number of hydrogen-bond donors (Lipinski definition) is 2. The van der Waals surface area contributed by atoms with E-state index in [0.717, 1.165) is 12.8 Å². The van der Waals surface area contributed by atoms with Crippen LogP contribution in [0.5, 0.6) is 0 Å². The third kappa shape index (κ3) is 17.8. The maximum Gasteiger partial charge on any atom is 0.151 e. The first-order chi connectivity index (χ1) is 3.27. The first-order valence-corrected chi connectivity index (χ1v) is 2.63. The largest absolute Gasteiger partial charge is 0.368 e. The van der Waals surface area contributed by atoms with Crippen LogP contribution in [0.3, 0.4) is 0 Å². The van der Waals surface area contributed by atoms with Gasteiger partial charge in [0.05, 0.1) is 0 Å². The number of aliphatic hydroxyl groups is 2. The number of hydrogen-bond acceptors (Lipinski definition) is 2. The van der Waals surface area contributed by atoms with Gasteiger partial charge in [0.25, 0.3) is 0 Å². The van der Waals surface area contributed by atoms with E-state index in [4.69, 9.17) is 10.2 Å². The first-order valence-electron chi connectivity index (χ1n) is 2.63. The summed E-state index contributed by atoms with van der Waals surface area (Å²) in [5.41, 5.74) is 0. The molecule has 9 heavy (non-hydrogen) atoms. The van der Waals surface area contributed by atoms with E-state index in [2.05, 4.69) is 0 Å². The Morgan fingerprint density at radius 2 is 1.67 bits per heavy atom. The van der Waals surface area contributed by atoms with Gasteiger partial charge in [-0.05, 0) is 12.8 Å². The fourth-order valence-electron chi connectivity index (χ4n) is 0.387. The Kier molecular flexibility index (Phi) is 24.0. The van der Waals surface area contributed by atoms with Crippen molar-refractivity contribution >= 4 is 59.1 Å². The molecule has 0 atom stereocenters. The minimum atomic E-state index is -1.10. The zero-order chi connectivity index (χ0) is 5.70. The van der Waals surface area contributed by atoms with Gasteiger partial charge in [0.2, 0.25) is 0 Å². The van der Waals surface area contributed by atoms with Crippen molar-refractivity contribution in [3.05, 3.63) is 0 Å². The van der Waals surface area contributed by atoms with E-state index < -0.39 is 6.29 Å². The van der Waals surface area contributed by atoms with E-state index in [9.17, 15) is 0 Å². The van der Waals surface area contributed by atoms with Crippen molar-refractivity contribution in [1.82, 2.24) is 0 Å². The van der Waals surface area contributed by atoms with Crippen molar-refractivity contribution in [1.29, 1.82) is 0 Å². The molecular formula is C5H12Na2O2. The third-order valence-electron chi connectivity index (χ3n) is 0.816. The number of rotatable bonds is 3. The molecule has 0 amide bonds. The molecule has 0 aromatic rings. The number of unbranched alkanes of at least 4 members (excludes halogenated alkanes) is 1. The second kappa shape index (κ2) is 12.6. The summed E-state index contributed by atoms with van der Waals surface area (Å²) in [5, 5.41) is 16.5. The van der Waals surface area contributed by atoms with E-state index in [1.165, 1.54) is 0 Å². The van der Waals surface area contributed by atoms with Gasteiger partial charge in [-0.25, -0.2) is 0 Å². The van der Waals surface area contributed by atoms with Gasteiger partial charge >= 0.3 is 0 Å². The Morgan fingerprint density at radius 3 is 1.78 bits per heavy atom. The Balaban J connectivity index is -0.000000180. The molecule has 0 aliphatic carbocycles. The Morgan fingerprint density at radius 1 is 1.22 bits per heavy atom. The molecule has 0 rings (SSSR count). The van der Waals surface area contributed by atoms with Crippen LogP contribution in [0.2, 0.25) is 0 Å². The molecule has 0 spiro atoms. The molecule has 2 radical (unpaired) electrons. The van der Waals surface area contributed by atoms with Crippen molar-refractivity contribution < 1.29 is 10.2 Å². The van der Waals surface area contributed by atoms with E-state index >= 15 is 0 Å². The zero-order valence-corrected chi connectivity index (χ0v) is 10.6. The van der Waals surface area contributed by atoms with Crippen LogP contribution in [0.15, 0.2) is 0 Å². The van der Waals surface area contributed by atoms with Crippen molar-refractivity contribution in [2.75, 3.05) is 0 Å². The molecule has 0 aliphatic rings. The van der Waals surface area contributed by atoms with Crippen LogP contribution >= 0.6 is 0 Å². The second-order valence-corrected chi connectivity index (χ2v) is 1.62. The summed E-state index contributed by atoms with van der Waals surface area (Å²) in [6.07, 6.45) is 1.34. The molecule has 0 saturated heterocycles. The van der Waals surface area contributed by atoms with Crippen molar-refractivity contribution in [2.45, 2.75) is 32.5 Å². The Bertz CT molecular complexity index is 41.9. The quantitative estimate of drug-likeness (QED) is 0.429. The summed E-state index contributed by atoms with van der Waals surface area (Å²) < 4.78 is 0. The van der Waals surface area contributed by atoms with Gasteiger partial charge in [-0.3, -0.25) is 0 Å². The SMILES string of the molecule is CCCCC(O)O.[Na].[Na]. The fraction of sp³-hybridized carbons (Fsp3) is 1.00. The second-order valence-electron chi connectivity index (χ2n) is 1.62. The molecule has 46 valence electrons. The molecule has 2 N–H and O–H groups in total. The number of aliphatic hydroxyl groups excluding tert-OH is 1. The van der Waals surface area contributed by atoms with Crippen molar-refractivity contribution in [3.8, 4) is 0 Å². The maximum atomic E-state index is 8.24. The van der Waals surface area contributed by atoms with E-state index in [1.54, 1.807) is 0 Å². The molecule has 0 aromatic carbocycles. The summed E-state index contributed by atoms with van der Waals surface area (Å²) in [6, 6.07) is 0. The predicted molar refractivity (Wildman–Crippen MR) is 39.3 cm³/mol. The van der Waals surface area contributed by atoms with Crippen molar-refractivity contribution in [3.63, 3.8) is 0 Å². The molecule has 0 heterocycles. The summed E-state index contributed by atoms with van der Waals surface area (Å²) in [5.74, 6) is 0. The maximum absolute atomic E-state index is 8.24. The molecule has 0 fully saturated rings. The molecule has 0 bridgehead atoms. The smallest absolute Gasteiger partial charge is 0.151 e. The van der Waals surface area contributed by atoms with Crippen LogP contribution in [0, 0.1) is 0 Å². The zero-order valence-electron chi connectivity index (χ0n) is 6.59. The molecule has 4 heteroatoms. The third-order valence-corrected chi connectivity index (χ3v) is 0.816. The van der Waals surface area contributed by atoms with Crippen LogP contribution in [-0.4, -0.2) is 75.6 Å². The van der Waals surface area contributed by atoms with Crippen molar-refractivity contribution in [2.24, 2.45) is 0 Å². The van der Waals surface area contributed by atoms with E-state index in [0.29, 0.717) is 6.42 Å². The van der Waals surface area contributed by atoms with Crippen LogP contribution < -0.4 is 0 Å². The predicted octanol–water partition coefficient (Wildman–Crippen LogP) is -0.274. The van der Waals surface area contributed by atoms with Gasteiger partial charge < -0.3 is 10.2 Å². The summed E-state index contributed by atoms with van der Waals surface area (Å²) >= 11 is 0. The molecule has 0 saturated carbocycles. The van der Waals surface area contributed by atoms with E-state index in [1.807, 2.05) is 6.92 Å². The average molecular weight is 150 g/mol. The standard InChI is InChI=1S/C5H12O2.2Na/c1-2-3-4-5(6)7;;/h5-7H,2-4H2,1H3;;. The first kappa shape index (κ1) is 17.1. The molecule has 2 nitrogen and oxygen atoms in total. The van der Waals surface area contributed by atoms with Gasteiger partial charge in [0.1, 0.15) is 0 Å². The summed E-state index contributed by atoms with van der Waals surface area (Å²) in [7, 11) is 0. The minimum absolute atomic E-state index is 0. The van der Waals surface area contributed by atoms with Gasteiger partial charge in [0.15, 0.2) is 6.29 Å².